The molecule has 0 aliphatic carbocycles. The highest BCUT2D eigenvalue weighted by Crippen LogP contribution is 2.45. The van der Waals surface area contributed by atoms with Crippen molar-refractivity contribution in [2.75, 3.05) is 33.3 Å². The second-order valence-electron chi connectivity index (χ2n) is 9.80. The molecule has 1 heterocycles. The maximum atomic E-state index is 13.0. The molecule has 8 heteroatoms. The first-order valence-corrected chi connectivity index (χ1v) is 13.6. The number of halogens is 1. The van der Waals surface area contributed by atoms with Gasteiger partial charge < -0.3 is 25.8 Å². The van der Waals surface area contributed by atoms with Gasteiger partial charge in [-0.15, -0.1) is 0 Å². The Balaban J connectivity index is 1.99. The Bertz CT molecular complexity index is 1060. The monoisotopic (exact) mass is 529 g/mol. The summed E-state index contributed by atoms with van der Waals surface area (Å²) in [6.07, 6.45) is 3.65. The van der Waals surface area contributed by atoms with E-state index in [1.165, 1.54) is 5.56 Å². The van der Waals surface area contributed by atoms with Crippen molar-refractivity contribution in [1.29, 1.82) is 0 Å². The first kappa shape index (κ1) is 29.0. The van der Waals surface area contributed by atoms with Crippen molar-refractivity contribution in [3.8, 4) is 11.1 Å². The molecule has 0 radical (unpaired) electrons. The number of nitrogens with one attached hydrogen (secondary N) is 1. The van der Waals surface area contributed by atoms with Gasteiger partial charge in [-0.1, -0.05) is 54.9 Å². The van der Waals surface area contributed by atoms with Crippen LogP contribution in [0.3, 0.4) is 0 Å². The summed E-state index contributed by atoms with van der Waals surface area (Å²) in [6, 6.07) is 13.8. The summed E-state index contributed by atoms with van der Waals surface area (Å²) in [5.41, 5.74) is 7.54. The van der Waals surface area contributed by atoms with E-state index < -0.39 is 11.7 Å². The fourth-order valence-electron chi connectivity index (χ4n) is 5.37. The molecule has 1 unspecified atom stereocenters. The first-order chi connectivity index (χ1) is 17.8. The minimum atomic E-state index is -1.28. The summed E-state index contributed by atoms with van der Waals surface area (Å²) in [5.74, 6) is -0.0871. The van der Waals surface area contributed by atoms with Crippen LogP contribution >= 0.6 is 11.6 Å². The Morgan fingerprint density at radius 1 is 1.24 bits per heavy atom. The highest BCUT2D eigenvalue weighted by Gasteiger charge is 2.42. The normalized spacial score (nSPS) is 17.3. The standard InChI is InChI=1S/C29H40ClN3O4/c1-3-21-9-4-10-22(19-21)27-24(12-5-13-25(27)30)29(36,15-8-18-37-28(31)35)23-11-7-17-33(20-23)26(34)14-6-16-32-2/h4-5,9-10,12-13,19,23,32,36H,3,6-8,11,14-18,20H2,1-2H3,(H2,31,35)/t23?,29-/m0/s1. The Morgan fingerprint density at radius 2 is 2.03 bits per heavy atom. The van der Waals surface area contributed by atoms with Gasteiger partial charge in [-0.25, -0.2) is 4.79 Å². The lowest BCUT2D eigenvalue weighted by atomic mass is 9.72. The summed E-state index contributed by atoms with van der Waals surface area (Å²) in [4.78, 5) is 26.0. The van der Waals surface area contributed by atoms with E-state index >= 15 is 0 Å². The molecule has 1 fully saturated rings. The van der Waals surface area contributed by atoms with Crippen molar-refractivity contribution in [2.45, 2.75) is 57.5 Å². The van der Waals surface area contributed by atoms with Crippen molar-refractivity contribution >= 4 is 23.6 Å². The number of ether oxygens (including phenoxy) is 1. The fraction of sp³-hybridized carbons (Fsp3) is 0.517. The summed E-state index contributed by atoms with van der Waals surface area (Å²) in [6.45, 7) is 4.16. The number of benzene rings is 2. The number of aliphatic hydroxyl groups is 1. The smallest absolute Gasteiger partial charge is 0.404 e. The van der Waals surface area contributed by atoms with Crippen LogP contribution in [-0.2, 0) is 21.6 Å². The van der Waals surface area contributed by atoms with Gasteiger partial charge >= 0.3 is 6.09 Å². The SMILES string of the molecule is CCc1cccc(-c2c(Cl)cccc2[C@](O)(CCCOC(N)=O)C2CCCN(C(=O)CCCNC)C2)c1. The molecule has 0 spiro atoms. The minimum absolute atomic E-state index is 0.109. The first-order valence-electron chi connectivity index (χ1n) is 13.3. The molecule has 3 rings (SSSR count). The Labute approximate surface area is 225 Å². The number of carbonyl (C=O) groups excluding carboxylic acids is 2. The lowest BCUT2D eigenvalue weighted by Gasteiger charge is -2.44. The molecule has 1 saturated heterocycles. The van der Waals surface area contributed by atoms with Crippen LogP contribution in [-0.4, -0.2) is 55.3 Å². The fourth-order valence-corrected chi connectivity index (χ4v) is 5.65. The highest BCUT2D eigenvalue weighted by molar-refractivity contribution is 6.33. The van der Waals surface area contributed by atoms with E-state index in [1.54, 1.807) is 0 Å². The summed E-state index contributed by atoms with van der Waals surface area (Å²) in [7, 11) is 1.88. The molecule has 202 valence electrons. The predicted molar refractivity (Wildman–Crippen MR) is 147 cm³/mol. The largest absolute Gasteiger partial charge is 0.450 e. The maximum absolute atomic E-state index is 13.0. The number of rotatable bonds is 12. The van der Waals surface area contributed by atoms with E-state index in [1.807, 2.05) is 42.3 Å². The molecular formula is C29H40ClN3O4. The van der Waals surface area contributed by atoms with E-state index in [0.717, 1.165) is 48.9 Å². The zero-order valence-corrected chi connectivity index (χ0v) is 22.7. The Morgan fingerprint density at radius 3 is 2.76 bits per heavy atom. The van der Waals surface area contributed by atoms with Crippen molar-refractivity contribution in [2.24, 2.45) is 11.7 Å². The van der Waals surface area contributed by atoms with Gasteiger partial charge in [0.2, 0.25) is 5.91 Å². The number of hydrogen-bond acceptors (Lipinski definition) is 5. The molecule has 2 amide bonds. The van der Waals surface area contributed by atoms with Crippen LogP contribution in [0, 0.1) is 5.92 Å². The lowest BCUT2D eigenvalue weighted by molar-refractivity contribution is -0.136. The van der Waals surface area contributed by atoms with Crippen molar-refractivity contribution in [3.05, 3.63) is 58.6 Å². The second kappa shape index (κ2) is 13.8. The number of likely N-dealkylation sites (tertiary alicyclic amines) is 1. The molecule has 37 heavy (non-hydrogen) atoms. The predicted octanol–water partition coefficient (Wildman–Crippen LogP) is 4.87. The number of carbonyl (C=O) groups is 2. The third kappa shape index (κ3) is 7.46. The van der Waals surface area contributed by atoms with Crippen molar-refractivity contribution in [1.82, 2.24) is 10.2 Å². The molecule has 2 aromatic carbocycles. The van der Waals surface area contributed by atoms with Crippen LogP contribution in [0.5, 0.6) is 0 Å². The molecule has 4 N–H and O–H groups in total. The van der Waals surface area contributed by atoms with E-state index in [2.05, 4.69) is 24.4 Å². The average molecular weight is 530 g/mol. The lowest BCUT2D eigenvalue weighted by Crippen LogP contribution is -2.48. The minimum Gasteiger partial charge on any atom is -0.450 e. The third-order valence-corrected chi connectivity index (χ3v) is 7.63. The molecule has 2 atom stereocenters. The van der Waals surface area contributed by atoms with E-state index in [0.29, 0.717) is 37.4 Å². The number of primary amides is 1. The zero-order valence-electron chi connectivity index (χ0n) is 22.0. The number of nitrogens with two attached hydrogens (primary N) is 1. The molecule has 7 nitrogen and oxygen atoms in total. The molecule has 0 aromatic heterocycles. The van der Waals surface area contributed by atoms with Crippen molar-refractivity contribution < 1.29 is 19.4 Å². The molecule has 0 saturated carbocycles. The summed E-state index contributed by atoms with van der Waals surface area (Å²) >= 11 is 6.79. The van der Waals surface area contributed by atoms with Gasteiger partial charge in [0.25, 0.3) is 0 Å². The van der Waals surface area contributed by atoms with Gasteiger partial charge in [0, 0.05) is 36.0 Å². The molecule has 1 aliphatic rings. The number of aryl methyl sites for hydroxylation is 1. The van der Waals surface area contributed by atoms with Gasteiger partial charge in [0.1, 0.15) is 0 Å². The number of amides is 2. The summed E-state index contributed by atoms with van der Waals surface area (Å²) < 4.78 is 4.97. The Hall–Kier alpha value is -2.61. The van der Waals surface area contributed by atoms with E-state index in [-0.39, 0.29) is 18.4 Å². The average Bonchev–Trinajstić information content (AvgIpc) is 2.91. The van der Waals surface area contributed by atoms with Gasteiger partial charge in [0.15, 0.2) is 0 Å². The van der Waals surface area contributed by atoms with Crippen LogP contribution in [0.1, 0.15) is 56.6 Å². The van der Waals surface area contributed by atoms with E-state index in [9.17, 15) is 14.7 Å². The van der Waals surface area contributed by atoms with E-state index in [4.69, 9.17) is 22.1 Å². The topological polar surface area (TPSA) is 105 Å². The van der Waals surface area contributed by atoms with Gasteiger partial charge in [0.05, 0.1) is 12.2 Å². The third-order valence-electron chi connectivity index (χ3n) is 7.32. The molecule has 1 aliphatic heterocycles. The maximum Gasteiger partial charge on any atom is 0.404 e. The van der Waals surface area contributed by atoms with Crippen LogP contribution in [0.25, 0.3) is 11.1 Å². The molecular weight excluding hydrogens is 490 g/mol. The Kier molecular flexibility index (Phi) is 10.8. The number of piperidine rings is 1. The quantitative estimate of drug-likeness (QED) is 0.340. The van der Waals surface area contributed by atoms with Crippen LogP contribution < -0.4 is 11.1 Å². The molecule has 0 bridgehead atoms. The summed E-state index contributed by atoms with van der Waals surface area (Å²) in [5, 5.41) is 16.1. The zero-order chi connectivity index (χ0) is 26.8. The second-order valence-corrected chi connectivity index (χ2v) is 10.2. The van der Waals surface area contributed by atoms with Crippen molar-refractivity contribution in [3.63, 3.8) is 0 Å². The number of nitrogens with zero attached hydrogens (tertiary/aromatic N) is 1. The van der Waals surface area contributed by atoms with Crippen LogP contribution in [0.15, 0.2) is 42.5 Å². The highest BCUT2D eigenvalue weighted by atomic mass is 35.5. The van der Waals surface area contributed by atoms with Gasteiger partial charge in [-0.2, -0.15) is 0 Å². The van der Waals surface area contributed by atoms with Gasteiger partial charge in [-0.3, -0.25) is 4.79 Å². The van der Waals surface area contributed by atoms with Crippen LogP contribution in [0.4, 0.5) is 4.79 Å². The number of hydrogen-bond donors (Lipinski definition) is 3. The van der Waals surface area contributed by atoms with Gasteiger partial charge in [-0.05, 0) is 74.9 Å². The molecule has 2 aromatic rings. The van der Waals surface area contributed by atoms with Crippen LogP contribution in [0.2, 0.25) is 5.02 Å².